The molecule has 0 bridgehead atoms. The van der Waals surface area contributed by atoms with Crippen molar-refractivity contribution >= 4 is 11.9 Å². The fraction of sp³-hybridized carbons (Fsp3) is 0.667. The lowest BCUT2D eigenvalue weighted by Gasteiger charge is -2.13. The quantitative estimate of drug-likeness (QED) is 0.205. The van der Waals surface area contributed by atoms with Crippen LogP contribution in [0.1, 0.15) is 86.0 Å². The molecule has 0 spiro atoms. The first-order valence-electron chi connectivity index (χ1n) is 11.0. The second-order valence-electron chi connectivity index (χ2n) is 8.33. The first-order valence-corrected chi connectivity index (χ1v) is 11.0. The zero-order valence-electron chi connectivity index (χ0n) is 18.8. The second-order valence-corrected chi connectivity index (χ2v) is 8.33. The Morgan fingerprint density at radius 3 is 1.90 bits per heavy atom. The van der Waals surface area contributed by atoms with Gasteiger partial charge in [-0.15, -0.1) is 0 Å². The largest absolute Gasteiger partial charge is 0.493 e. The van der Waals surface area contributed by atoms with Crippen LogP contribution in [-0.4, -0.2) is 18.5 Å². The highest BCUT2D eigenvalue weighted by Gasteiger charge is 2.16. The maximum atomic E-state index is 12.2. The van der Waals surface area contributed by atoms with Crippen LogP contribution in [0.4, 0.5) is 0 Å². The lowest BCUT2D eigenvalue weighted by Crippen LogP contribution is -2.12. The van der Waals surface area contributed by atoms with Crippen LogP contribution in [0.15, 0.2) is 18.2 Å². The molecule has 0 heterocycles. The normalized spacial score (nSPS) is 11.0. The van der Waals surface area contributed by atoms with E-state index in [1.165, 1.54) is 0 Å². The lowest BCUT2D eigenvalue weighted by molar-refractivity contribution is -0.137. The van der Waals surface area contributed by atoms with E-state index in [9.17, 15) is 9.59 Å². The average molecular weight is 407 g/mol. The molecule has 29 heavy (non-hydrogen) atoms. The van der Waals surface area contributed by atoms with Gasteiger partial charge in [-0.25, -0.2) is 0 Å². The molecule has 1 aromatic rings. The molecule has 5 nitrogen and oxygen atoms in total. The number of carbonyl (C=O) groups is 2. The van der Waals surface area contributed by atoms with Crippen molar-refractivity contribution in [1.29, 1.82) is 0 Å². The molecule has 0 saturated heterocycles. The molecular weight excluding hydrogens is 368 g/mol. The summed E-state index contributed by atoms with van der Waals surface area (Å²) in [7, 11) is 0. The van der Waals surface area contributed by atoms with Crippen LogP contribution in [0, 0.1) is 11.8 Å². The molecule has 0 atom stereocenters. The summed E-state index contributed by atoms with van der Waals surface area (Å²) in [5, 5.41) is 0. The highest BCUT2D eigenvalue weighted by atomic mass is 16.6. The maximum absolute atomic E-state index is 12.2. The standard InChI is InChI=1S/C24H38O5/c1-6-7-16-27-20-14-15-21(28-23(25)12-8-10-18(2)3)22(17-20)29-24(26)13-9-11-19(4)5/h14-15,17-19H,6-13,16H2,1-5H3. The Balaban J connectivity index is 2.78. The molecule has 0 fully saturated rings. The fourth-order valence-electron chi connectivity index (χ4n) is 2.73. The Morgan fingerprint density at radius 1 is 0.828 bits per heavy atom. The Bertz CT molecular complexity index is 622. The minimum atomic E-state index is -0.325. The molecule has 0 N–H and O–H groups in total. The molecule has 0 unspecified atom stereocenters. The van der Waals surface area contributed by atoms with Gasteiger partial charge < -0.3 is 14.2 Å². The van der Waals surface area contributed by atoms with Crippen molar-refractivity contribution in [2.75, 3.05) is 6.61 Å². The van der Waals surface area contributed by atoms with Gasteiger partial charge in [-0.05, 0) is 43.2 Å². The molecule has 0 aromatic heterocycles. The lowest BCUT2D eigenvalue weighted by atomic mass is 10.1. The van der Waals surface area contributed by atoms with Crippen LogP contribution >= 0.6 is 0 Å². The SMILES string of the molecule is CCCCOc1ccc(OC(=O)CCCC(C)C)c(OC(=O)CCCC(C)C)c1. The van der Waals surface area contributed by atoms with E-state index in [-0.39, 0.29) is 23.4 Å². The van der Waals surface area contributed by atoms with Crippen LogP contribution in [-0.2, 0) is 9.59 Å². The predicted molar refractivity (Wildman–Crippen MR) is 115 cm³/mol. The van der Waals surface area contributed by atoms with Gasteiger partial charge in [0.15, 0.2) is 11.5 Å². The molecule has 5 heteroatoms. The van der Waals surface area contributed by atoms with E-state index in [1.807, 2.05) is 0 Å². The van der Waals surface area contributed by atoms with Crippen LogP contribution in [0.2, 0.25) is 0 Å². The highest BCUT2D eigenvalue weighted by Crippen LogP contribution is 2.33. The number of unbranched alkanes of at least 4 members (excludes halogenated alkanes) is 1. The molecule has 1 aromatic carbocycles. The third-order valence-electron chi connectivity index (χ3n) is 4.45. The number of rotatable bonds is 14. The molecule has 0 aliphatic carbocycles. The molecule has 0 aliphatic rings. The van der Waals surface area contributed by atoms with Gasteiger partial charge in [0, 0.05) is 18.9 Å². The van der Waals surface area contributed by atoms with E-state index in [0.29, 0.717) is 37.0 Å². The molecule has 0 radical (unpaired) electrons. The Hall–Kier alpha value is -2.04. The van der Waals surface area contributed by atoms with E-state index in [2.05, 4.69) is 34.6 Å². The van der Waals surface area contributed by atoms with Gasteiger partial charge in [-0.1, -0.05) is 53.9 Å². The van der Waals surface area contributed by atoms with E-state index in [1.54, 1.807) is 18.2 Å². The fourth-order valence-corrected chi connectivity index (χ4v) is 2.73. The summed E-state index contributed by atoms with van der Waals surface area (Å²) in [4.78, 5) is 24.4. The second kappa shape index (κ2) is 14.0. The first kappa shape index (κ1) is 25.0. The highest BCUT2D eigenvalue weighted by molar-refractivity contribution is 5.76. The van der Waals surface area contributed by atoms with Crippen molar-refractivity contribution in [2.24, 2.45) is 11.8 Å². The van der Waals surface area contributed by atoms with E-state index in [4.69, 9.17) is 14.2 Å². The smallest absolute Gasteiger partial charge is 0.311 e. The zero-order valence-corrected chi connectivity index (χ0v) is 18.8. The first-order chi connectivity index (χ1) is 13.8. The summed E-state index contributed by atoms with van der Waals surface area (Å²) in [5.74, 6) is 1.55. The van der Waals surface area contributed by atoms with Gasteiger partial charge in [0.05, 0.1) is 6.61 Å². The molecule has 1 rings (SSSR count). The van der Waals surface area contributed by atoms with E-state index >= 15 is 0 Å². The molecule has 0 saturated carbocycles. The van der Waals surface area contributed by atoms with Gasteiger partial charge >= 0.3 is 11.9 Å². The van der Waals surface area contributed by atoms with Gasteiger partial charge in [0.1, 0.15) is 5.75 Å². The van der Waals surface area contributed by atoms with Crippen molar-refractivity contribution in [3.63, 3.8) is 0 Å². The van der Waals surface area contributed by atoms with Crippen LogP contribution in [0.5, 0.6) is 17.2 Å². The Kier molecular flexibility index (Phi) is 12.1. The van der Waals surface area contributed by atoms with Gasteiger partial charge in [-0.3, -0.25) is 9.59 Å². The van der Waals surface area contributed by atoms with Crippen LogP contribution in [0.25, 0.3) is 0 Å². The Labute approximate surface area is 176 Å². The summed E-state index contributed by atoms with van der Waals surface area (Å²) >= 11 is 0. The summed E-state index contributed by atoms with van der Waals surface area (Å²) in [6.45, 7) is 11.2. The minimum absolute atomic E-state index is 0.241. The number of esters is 2. The maximum Gasteiger partial charge on any atom is 0.311 e. The van der Waals surface area contributed by atoms with Crippen molar-refractivity contribution in [3.8, 4) is 17.2 Å². The van der Waals surface area contributed by atoms with Crippen LogP contribution in [0.3, 0.4) is 0 Å². The predicted octanol–water partition coefficient (Wildman–Crippen LogP) is 6.33. The van der Waals surface area contributed by atoms with Gasteiger partial charge in [0.25, 0.3) is 0 Å². The van der Waals surface area contributed by atoms with Crippen molar-refractivity contribution in [1.82, 2.24) is 0 Å². The Morgan fingerprint density at radius 2 is 1.38 bits per heavy atom. The van der Waals surface area contributed by atoms with Gasteiger partial charge in [0.2, 0.25) is 0 Å². The molecule has 164 valence electrons. The molecular formula is C24H38O5. The number of hydrogen-bond acceptors (Lipinski definition) is 5. The minimum Gasteiger partial charge on any atom is -0.493 e. The zero-order chi connectivity index (χ0) is 21.6. The van der Waals surface area contributed by atoms with Crippen molar-refractivity contribution in [2.45, 2.75) is 86.0 Å². The van der Waals surface area contributed by atoms with Gasteiger partial charge in [-0.2, -0.15) is 0 Å². The summed E-state index contributed by atoms with van der Waals surface area (Å²) in [6, 6.07) is 5.01. The van der Waals surface area contributed by atoms with Crippen molar-refractivity contribution in [3.05, 3.63) is 18.2 Å². The number of carbonyl (C=O) groups excluding carboxylic acids is 2. The average Bonchev–Trinajstić information content (AvgIpc) is 2.63. The molecule has 0 amide bonds. The third kappa shape index (κ3) is 11.5. The third-order valence-corrected chi connectivity index (χ3v) is 4.45. The number of benzene rings is 1. The monoisotopic (exact) mass is 406 g/mol. The summed E-state index contributed by atoms with van der Waals surface area (Å²) in [6.07, 6.45) is 6.13. The number of ether oxygens (including phenoxy) is 3. The number of hydrogen-bond donors (Lipinski definition) is 0. The summed E-state index contributed by atoms with van der Waals surface area (Å²) < 4.78 is 16.7. The topological polar surface area (TPSA) is 61.8 Å². The van der Waals surface area contributed by atoms with E-state index in [0.717, 1.165) is 38.5 Å². The van der Waals surface area contributed by atoms with Crippen molar-refractivity contribution < 1.29 is 23.8 Å². The van der Waals surface area contributed by atoms with Crippen LogP contribution < -0.4 is 14.2 Å². The van der Waals surface area contributed by atoms with E-state index < -0.39 is 0 Å². The molecule has 0 aliphatic heterocycles. The summed E-state index contributed by atoms with van der Waals surface area (Å²) in [5.41, 5.74) is 0.